The van der Waals surface area contributed by atoms with Crippen LogP contribution < -0.4 is 9.46 Å². The molecule has 0 saturated carbocycles. The molecule has 0 aliphatic heterocycles. The molecule has 3 aromatic carbocycles. The fraction of sp³-hybridized carbons (Fsp3) is 0.231. The molecule has 1 heterocycles. The quantitative estimate of drug-likeness (QED) is 0.302. The highest BCUT2D eigenvalue weighted by molar-refractivity contribution is 7.98. The van der Waals surface area contributed by atoms with Gasteiger partial charge in [-0.15, -0.1) is 10.2 Å². The molecule has 1 N–H and O–H groups in total. The molecule has 1 unspecified atom stereocenters. The van der Waals surface area contributed by atoms with Crippen LogP contribution in [-0.4, -0.2) is 30.3 Å². The van der Waals surface area contributed by atoms with E-state index in [-0.39, 0.29) is 5.75 Å². The smallest absolute Gasteiger partial charge is 0.216 e. The lowest BCUT2D eigenvalue weighted by Crippen LogP contribution is -2.29. The molecule has 0 bridgehead atoms. The first-order chi connectivity index (χ1) is 16.8. The summed E-state index contributed by atoms with van der Waals surface area (Å²) in [4.78, 5) is 0. The molecular weight excluding hydrogens is 480 g/mol. The first kappa shape index (κ1) is 25.0. The van der Waals surface area contributed by atoms with Gasteiger partial charge in [-0.2, -0.15) is 0 Å². The monoisotopic (exact) mass is 508 g/mol. The summed E-state index contributed by atoms with van der Waals surface area (Å²) in [7, 11) is -1.95. The number of hydrogen-bond acceptors (Lipinski definition) is 6. The Kier molecular flexibility index (Phi) is 7.90. The summed E-state index contributed by atoms with van der Waals surface area (Å²) in [6.45, 7) is 3.81. The van der Waals surface area contributed by atoms with Crippen molar-refractivity contribution in [1.29, 1.82) is 0 Å². The zero-order valence-corrected chi connectivity index (χ0v) is 21.5. The highest BCUT2D eigenvalue weighted by atomic mass is 32.2. The Labute approximate surface area is 210 Å². The summed E-state index contributed by atoms with van der Waals surface area (Å²) < 4.78 is 35.7. The van der Waals surface area contributed by atoms with E-state index in [9.17, 15) is 8.42 Å². The van der Waals surface area contributed by atoms with E-state index in [4.69, 9.17) is 4.74 Å². The van der Waals surface area contributed by atoms with E-state index in [2.05, 4.69) is 14.9 Å². The van der Waals surface area contributed by atoms with E-state index in [1.54, 1.807) is 26.2 Å². The molecule has 0 aliphatic rings. The van der Waals surface area contributed by atoms with Crippen molar-refractivity contribution in [2.45, 2.75) is 36.6 Å². The van der Waals surface area contributed by atoms with E-state index >= 15 is 0 Å². The van der Waals surface area contributed by atoms with E-state index in [1.807, 2.05) is 78.2 Å². The van der Waals surface area contributed by atoms with Gasteiger partial charge in [0.05, 0.1) is 18.9 Å². The molecule has 0 spiro atoms. The highest BCUT2D eigenvalue weighted by Crippen LogP contribution is 2.29. The van der Waals surface area contributed by atoms with Crippen LogP contribution in [0.15, 0.2) is 84.0 Å². The normalized spacial score (nSPS) is 12.4. The molecule has 0 amide bonds. The van der Waals surface area contributed by atoms with Gasteiger partial charge in [0, 0.05) is 11.4 Å². The minimum Gasteiger partial charge on any atom is -0.497 e. The molecule has 9 heteroatoms. The minimum absolute atomic E-state index is 0.103. The minimum atomic E-state index is -3.59. The zero-order chi connectivity index (χ0) is 24.8. The number of nitrogens with one attached hydrogen (secondary N) is 1. The van der Waals surface area contributed by atoms with Gasteiger partial charge in [0.2, 0.25) is 10.0 Å². The molecule has 35 heavy (non-hydrogen) atoms. The largest absolute Gasteiger partial charge is 0.497 e. The van der Waals surface area contributed by atoms with Crippen molar-refractivity contribution in [1.82, 2.24) is 19.5 Å². The second-order valence-electron chi connectivity index (χ2n) is 8.24. The van der Waals surface area contributed by atoms with Crippen molar-refractivity contribution in [2.24, 2.45) is 0 Å². The van der Waals surface area contributed by atoms with Gasteiger partial charge in [-0.1, -0.05) is 71.9 Å². The molecule has 0 aliphatic carbocycles. The van der Waals surface area contributed by atoms with Crippen LogP contribution in [-0.2, 0) is 21.5 Å². The number of hydrogen-bond donors (Lipinski definition) is 1. The van der Waals surface area contributed by atoms with Crippen LogP contribution in [0, 0.1) is 6.92 Å². The summed E-state index contributed by atoms with van der Waals surface area (Å²) in [5.41, 5.74) is 3.82. The van der Waals surface area contributed by atoms with Gasteiger partial charge in [0.25, 0.3) is 0 Å². The molecule has 4 rings (SSSR count). The number of sulfonamides is 1. The topological polar surface area (TPSA) is 86.1 Å². The van der Waals surface area contributed by atoms with Gasteiger partial charge in [-0.05, 0) is 49.2 Å². The lowest BCUT2D eigenvalue weighted by molar-refractivity contribution is 0.414. The Morgan fingerprint density at radius 1 is 0.971 bits per heavy atom. The number of ether oxygens (including phenoxy) is 1. The van der Waals surface area contributed by atoms with Crippen LogP contribution >= 0.6 is 11.8 Å². The first-order valence-corrected chi connectivity index (χ1v) is 13.8. The van der Waals surface area contributed by atoms with Crippen LogP contribution in [0.5, 0.6) is 5.75 Å². The molecule has 1 aromatic heterocycles. The third-order valence-electron chi connectivity index (χ3n) is 5.40. The molecule has 0 radical (unpaired) electrons. The SMILES string of the molecule is COc1cccc(CSc2nnc(C(C)NS(=O)(=O)Cc3ccccc3)n2-c2ccc(C)cc2)c1. The highest BCUT2D eigenvalue weighted by Gasteiger charge is 2.24. The number of methoxy groups -OCH3 is 1. The molecular formula is C26H28N4O3S2. The van der Waals surface area contributed by atoms with Crippen molar-refractivity contribution < 1.29 is 13.2 Å². The average Bonchev–Trinajstić information content (AvgIpc) is 3.27. The van der Waals surface area contributed by atoms with E-state index < -0.39 is 16.1 Å². The van der Waals surface area contributed by atoms with Gasteiger partial charge >= 0.3 is 0 Å². The van der Waals surface area contributed by atoms with Crippen molar-refractivity contribution >= 4 is 21.8 Å². The first-order valence-electron chi connectivity index (χ1n) is 11.2. The standard InChI is InChI=1S/C26H28N4O3S2/c1-19-12-14-23(15-13-19)30-25(20(2)29-35(31,32)18-21-8-5-4-6-9-21)27-28-26(30)34-17-22-10-7-11-24(16-22)33-3/h4-16,20,29H,17-18H2,1-3H3. The van der Waals surface area contributed by atoms with Gasteiger partial charge in [-0.3, -0.25) is 4.57 Å². The van der Waals surface area contributed by atoms with Crippen LogP contribution in [0.2, 0.25) is 0 Å². The number of benzene rings is 3. The maximum atomic E-state index is 12.9. The summed E-state index contributed by atoms with van der Waals surface area (Å²) >= 11 is 1.53. The molecule has 0 saturated heterocycles. The van der Waals surface area contributed by atoms with Crippen molar-refractivity contribution in [3.8, 4) is 11.4 Å². The summed E-state index contributed by atoms with van der Waals surface area (Å²) in [6, 6.07) is 24.4. The molecule has 1 atom stereocenters. The lowest BCUT2D eigenvalue weighted by atomic mass is 10.2. The number of thioether (sulfide) groups is 1. The van der Waals surface area contributed by atoms with E-state index in [1.165, 1.54) is 11.8 Å². The molecule has 0 fully saturated rings. The summed E-state index contributed by atoms with van der Waals surface area (Å²) in [6.07, 6.45) is 0. The Morgan fingerprint density at radius 2 is 1.69 bits per heavy atom. The average molecular weight is 509 g/mol. The fourth-order valence-corrected chi connectivity index (χ4v) is 5.92. The fourth-order valence-electron chi connectivity index (χ4n) is 3.66. The van der Waals surface area contributed by atoms with Gasteiger partial charge in [-0.25, -0.2) is 13.1 Å². The molecule has 4 aromatic rings. The van der Waals surface area contributed by atoms with E-state index in [0.29, 0.717) is 16.7 Å². The van der Waals surface area contributed by atoms with Crippen LogP contribution in [0.3, 0.4) is 0 Å². The number of aryl methyl sites for hydroxylation is 1. The Balaban J connectivity index is 1.60. The number of rotatable bonds is 10. The van der Waals surface area contributed by atoms with Crippen molar-refractivity contribution in [3.63, 3.8) is 0 Å². The maximum absolute atomic E-state index is 12.9. The van der Waals surface area contributed by atoms with Crippen molar-refractivity contribution in [2.75, 3.05) is 7.11 Å². The lowest BCUT2D eigenvalue weighted by Gasteiger charge is -2.17. The van der Waals surface area contributed by atoms with Crippen LogP contribution in [0.25, 0.3) is 5.69 Å². The summed E-state index contributed by atoms with van der Waals surface area (Å²) in [5.74, 6) is 1.88. The Hall–Kier alpha value is -3.14. The second-order valence-corrected chi connectivity index (χ2v) is 10.9. The van der Waals surface area contributed by atoms with Crippen LogP contribution in [0.1, 0.15) is 35.5 Å². The third kappa shape index (κ3) is 6.50. The number of nitrogens with zero attached hydrogens (tertiary/aromatic N) is 3. The zero-order valence-electron chi connectivity index (χ0n) is 19.9. The third-order valence-corrected chi connectivity index (χ3v) is 7.82. The summed E-state index contributed by atoms with van der Waals surface area (Å²) in [5, 5.41) is 9.49. The molecule has 7 nitrogen and oxygen atoms in total. The Morgan fingerprint density at radius 3 is 2.40 bits per heavy atom. The predicted octanol–water partition coefficient (Wildman–Crippen LogP) is 5.06. The van der Waals surface area contributed by atoms with Crippen molar-refractivity contribution in [3.05, 3.63) is 101 Å². The van der Waals surface area contributed by atoms with E-state index in [0.717, 1.165) is 28.1 Å². The van der Waals surface area contributed by atoms with Gasteiger partial charge < -0.3 is 4.74 Å². The second kappa shape index (κ2) is 11.1. The van der Waals surface area contributed by atoms with Gasteiger partial charge in [0.1, 0.15) is 5.75 Å². The number of aromatic nitrogens is 3. The maximum Gasteiger partial charge on any atom is 0.216 e. The Bertz CT molecular complexity index is 1370. The van der Waals surface area contributed by atoms with Gasteiger partial charge in [0.15, 0.2) is 11.0 Å². The molecule has 182 valence electrons. The predicted molar refractivity (Wildman–Crippen MR) is 139 cm³/mol. The van der Waals surface area contributed by atoms with Crippen LogP contribution in [0.4, 0.5) is 0 Å².